The normalized spacial score (nSPS) is 16.1. The summed E-state index contributed by atoms with van der Waals surface area (Å²) in [6.45, 7) is 1.47. The predicted molar refractivity (Wildman–Crippen MR) is 78.9 cm³/mol. The fraction of sp³-hybridized carbons (Fsp3) is 0.533. The van der Waals surface area contributed by atoms with Gasteiger partial charge in [0.15, 0.2) is 0 Å². The Balaban J connectivity index is 2.21. The summed E-state index contributed by atoms with van der Waals surface area (Å²) in [4.78, 5) is 14.5. The summed E-state index contributed by atoms with van der Waals surface area (Å²) in [5, 5.41) is 0. The monoisotopic (exact) mass is 297 g/mol. The summed E-state index contributed by atoms with van der Waals surface area (Å²) in [6, 6.07) is 5.37. The van der Waals surface area contributed by atoms with Gasteiger partial charge < -0.3 is 14.4 Å². The largest absolute Gasteiger partial charge is 0.496 e. The topological polar surface area (TPSA) is 38.8 Å². The van der Waals surface area contributed by atoms with Crippen molar-refractivity contribution in [3.05, 3.63) is 23.8 Å². The Morgan fingerprint density at radius 2 is 1.80 bits per heavy atom. The van der Waals surface area contributed by atoms with Crippen LogP contribution >= 0.6 is 11.6 Å². The maximum atomic E-state index is 12.7. The lowest BCUT2D eigenvalue weighted by molar-refractivity contribution is 0.0691. The summed E-state index contributed by atoms with van der Waals surface area (Å²) in [6.07, 6.45) is 1.90. The third-order valence-corrected chi connectivity index (χ3v) is 4.20. The zero-order chi connectivity index (χ0) is 14.5. The molecule has 1 saturated heterocycles. The van der Waals surface area contributed by atoms with Crippen LogP contribution in [-0.4, -0.2) is 44.0 Å². The van der Waals surface area contributed by atoms with Crippen LogP contribution in [0.3, 0.4) is 0 Å². The van der Waals surface area contributed by atoms with Gasteiger partial charge in [0.2, 0.25) is 0 Å². The molecular weight excluding hydrogens is 278 g/mol. The van der Waals surface area contributed by atoms with Gasteiger partial charge in [-0.25, -0.2) is 0 Å². The number of likely N-dealkylation sites (tertiary alicyclic amines) is 1. The summed E-state index contributed by atoms with van der Waals surface area (Å²) in [7, 11) is 3.12. The standard InChI is InChI=1S/C15H20ClNO3/c1-19-12-4-3-5-13(20-2)14(12)15(18)17-8-6-11(10-16)7-9-17/h3-5,11H,6-10H2,1-2H3. The number of halogens is 1. The van der Waals surface area contributed by atoms with E-state index in [9.17, 15) is 4.79 Å². The summed E-state index contributed by atoms with van der Waals surface area (Å²) in [5.41, 5.74) is 0.502. The van der Waals surface area contributed by atoms with Gasteiger partial charge >= 0.3 is 0 Å². The first-order valence-corrected chi connectivity index (χ1v) is 7.31. The predicted octanol–water partition coefficient (Wildman–Crippen LogP) is 2.79. The molecule has 0 aromatic heterocycles. The molecule has 4 nitrogen and oxygen atoms in total. The Morgan fingerprint density at radius 1 is 1.25 bits per heavy atom. The zero-order valence-electron chi connectivity index (χ0n) is 11.9. The number of hydrogen-bond acceptors (Lipinski definition) is 3. The number of benzene rings is 1. The molecule has 0 radical (unpaired) electrons. The lowest BCUT2D eigenvalue weighted by Gasteiger charge is -2.31. The van der Waals surface area contributed by atoms with Crippen molar-refractivity contribution in [3.8, 4) is 11.5 Å². The fourth-order valence-corrected chi connectivity index (χ4v) is 2.82. The molecule has 1 aromatic rings. The van der Waals surface area contributed by atoms with Gasteiger partial charge in [0.05, 0.1) is 14.2 Å². The van der Waals surface area contributed by atoms with Gasteiger partial charge in [0, 0.05) is 19.0 Å². The fourth-order valence-electron chi connectivity index (χ4n) is 2.51. The minimum absolute atomic E-state index is 0.0349. The number of amides is 1. The van der Waals surface area contributed by atoms with Crippen LogP contribution in [0.1, 0.15) is 23.2 Å². The lowest BCUT2D eigenvalue weighted by atomic mass is 9.98. The number of hydrogen-bond donors (Lipinski definition) is 0. The first-order valence-electron chi connectivity index (χ1n) is 6.77. The number of piperidine rings is 1. The molecule has 1 aliphatic heterocycles. The van der Waals surface area contributed by atoms with E-state index in [4.69, 9.17) is 21.1 Å². The van der Waals surface area contributed by atoms with E-state index >= 15 is 0 Å². The number of carbonyl (C=O) groups is 1. The molecular formula is C15H20ClNO3. The number of methoxy groups -OCH3 is 2. The molecule has 110 valence electrons. The smallest absolute Gasteiger partial charge is 0.261 e. The third-order valence-electron chi connectivity index (χ3n) is 3.76. The number of rotatable bonds is 4. The van der Waals surface area contributed by atoms with Gasteiger partial charge in [-0.15, -0.1) is 11.6 Å². The van der Waals surface area contributed by atoms with Crippen LogP contribution < -0.4 is 9.47 Å². The van der Waals surface area contributed by atoms with Gasteiger partial charge in [-0.3, -0.25) is 4.79 Å². The van der Waals surface area contributed by atoms with Gasteiger partial charge in [-0.2, -0.15) is 0 Å². The molecule has 1 heterocycles. The van der Waals surface area contributed by atoms with Crippen LogP contribution in [-0.2, 0) is 0 Å². The number of ether oxygens (including phenoxy) is 2. The Morgan fingerprint density at radius 3 is 2.25 bits per heavy atom. The van der Waals surface area contributed by atoms with Crippen LogP contribution in [0.15, 0.2) is 18.2 Å². The molecule has 20 heavy (non-hydrogen) atoms. The van der Waals surface area contributed by atoms with Crippen molar-refractivity contribution < 1.29 is 14.3 Å². The highest BCUT2D eigenvalue weighted by Crippen LogP contribution is 2.31. The van der Waals surface area contributed by atoms with Crippen molar-refractivity contribution in [2.45, 2.75) is 12.8 Å². The highest BCUT2D eigenvalue weighted by molar-refractivity contribution is 6.18. The quantitative estimate of drug-likeness (QED) is 0.802. The number of nitrogens with zero attached hydrogens (tertiary/aromatic N) is 1. The first kappa shape index (κ1) is 15.0. The van der Waals surface area contributed by atoms with Gasteiger partial charge in [-0.1, -0.05) is 6.07 Å². The van der Waals surface area contributed by atoms with E-state index in [2.05, 4.69) is 0 Å². The Hall–Kier alpha value is -1.42. The molecule has 1 aliphatic rings. The summed E-state index contributed by atoms with van der Waals surface area (Å²) >= 11 is 5.88. The minimum atomic E-state index is -0.0349. The van der Waals surface area contributed by atoms with Gasteiger partial charge in [0.1, 0.15) is 17.1 Å². The maximum absolute atomic E-state index is 12.7. The van der Waals surface area contributed by atoms with Crippen molar-refractivity contribution >= 4 is 17.5 Å². The van der Waals surface area contributed by atoms with E-state index in [-0.39, 0.29) is 5.91 Å². The Kier molecular flexibility index (Phi) is 5.12. The molecule has 0 atom stereocenters. The van der Waals surface area contributed by atoms with Crippen LogP contribution in [0, 0.1) is 5.92 Å². The Labute approximate surface area is 124 Å². The maximum Gasteiger partial charge on any atom is 0.261 e. The van der Waals surface area contributed by atoms with Crippen LogP contribution in [0.25, 0.3) is 0 Å². The SMILES string of the molecule is COc1cccc(OC)c1C(=O)N1CCC(CCl)CC1. The van der Waals surface area contributed by atoms with Crippen LogP contribution in [0.4, 0.5) is 0 Å². The van der Waals surface area contributed by atoms with Crippen molar-refractivity contribution in [1.29, 1.82) is 0 Å². The molecule has 0 aliphatic carbocycles. The van der Waals surface area contributed by atoms with E-state index < -0.39 is 0 Å². The Bertz CT molecular complexity index is 448. The second-order valence-corrected chi connectivity index (χ2v) is 5.24. The summed E-state index contributed by atoms with van der Waals surface area (Å²) in [5.74, 6) is 2.25. The second kappa shape index (κ2) is 6.84. The second-order valence-electron chi connectivity index (χ2n) is 4.93. The minimum Gasteiger partial charge on any atom is -0.496 e. The third kappa shape index (κ3) is 3.01. The lowest BCUT2D eigenvalue weighted by Crippen LogP contribution is -2.39. The highest BCUT2D eigenvalue weighted by Gasteiger charge is 2.27. The van der Waals surface area contributed by atoms with Crippen molar-refractivity contribution in [1.82, 2.24) is 4.90 Å². The average Bonchev–Trinajstić information content (AvgIpc) is 2.53. The molecule has 1 aromatic carbocycles. The molecule has 1 amide bonds. The number of carbonyl (C=O) groups excluding carboxylic acids is 1. The molecule has 0 saturated carbocycles. The van der Waals surface area contributed by atoms with Gasteiger partial charge in [0.25, 0.3) is 5.91 Å². The zero-order valence-corrected chi connectivity index (χ0v) is 12.7. The first-order chi connectivity index (χ1) is 9.71. The average molecular weight is 298 g/mol. The van der Waals surface area contributed by atoms with Gasteiger partial charge in [-0.05, 0) is 30.9 Å². The van der Waals surface area contributed by atoms with Crippen molar-refractivity contribution in [3.63, 3.8) is 0 Å². The molecule has 2 rings (SSSR count). The molecule has 0 bridgehead atoms. The van der Waals surface area contributed by atoms with Crippen molar-refractivity contribution in [2.75, 3.05) is 33.2 Å². The van der Waals surface area contributed by atoms with E-state index in [0.717, 1.165) is 25.9 Å². The van der Waals surface area contributed by atoms with E-state index in [1.165, 1.54) is 0 Å². The molecule has 0 spiro atoms. The van der Waals surface area contributed by atoms with Crippen molar-refractivity contribution in [2.24, 2.45) is 5.92 Å². The number of alkyl halides is 1. The van der Waals surface area contributed by atoms with E-state index in [1.807, 2.05) is 11.0 Å². The molecule has 0 unspecified atom stereocenters. The molecule has 5 heteroatoms. The van der Waals surface area contributed by atoms with Crippen LogP contribution in [0.2, 0.25) is 0 Å². The summed E-state index contributed by atoms with van der Waals surface area (Å²) < 4.78 is 10.6. The van der Waals surface area contributed by atoms with E-state index in [0.29, 0.717) is 28.9 Å². The van der Waals surface area contributed by atoms with E-state index in [1.54, 1.807) is 26.4 Å². The molecule has 1 fully saturated rings. The molecule has 0 N–H and O–H groups in total. The van der Waals surface area contributed by atoms with Crippen LogP contribution in [0.5, 0.6) is 11.5 Å². The highest BCUT2D eigenvalue weighted by atomic mass is 35.5.